The number of H-pyrrole nitrogens is 1. The minimum atomic E-state index is -0.370. The summed E-state index contributed by atoms with van der Waals surface area (Å²) in [4.78, 5) is 28.6. The molecule has 0 aliphatic heterocycles. The molecule has 5 heteroatoms. The molecule has 1 heterocycles. The summed E-state index contributed by atoms with van der Waals surface area (Å²) in [5, 5.41) is 0. The number of carbonyl (C=O) groups excluding carboxylic acids is 1. The van der Waals surface area contributed by atoms with Gasteiger partial charge in [-0.2, -0.15) is 0 Å². The molecule has 0 fully saturated rings. The average molecular weight is 196 g/mol. The van der Waals surface area contributed by atoms with Crippen LogP contribution >= 0.6 is 0 Å². The highest BCUT2D eigenvalue weighted by atomic mass is 16.5. The van der Waals surface area contributed by atoms with Gasteiger partial charge in [-0.15, -0.1) is 0 Å². The van der Waals surface area contributed by atoms with Crippen molar-refractivity contribution in [1.29, 1.82) is 0 Å². The van der Waals surface area contributed by atoms with E-state index >= 15 is 0 Å². The second-order valence-electron chi connectivity index (χ2n) is 2.80. The van der Waals surface area contributed by atoms with E-state index in [1.807, 2.05) is 0 Å². The zero-order chi connectivity index (χ0) is 10.6. The fraction of sp³-hybridized carbons (Fsp3) is 0.444. The Hall–Kier alpha value is -1.65. The van der Waals surface area contributed by atoms with Gasteiger partial charge in [0, 0.05) is 6.07 Å². The predicted octanol–water partition coefficient (Wildman–Crippen LogP) is 0.184. The number of rotatable bonds is 3. The highest BCUT2D eigenvalue weighted by Crippen LogP contribution is 1.94. The van der Waals surface area contributed by atoms with Crippen LogP contribution in [0.25, 0.3) is 0 Å². The minimum Gasteiger partial charge on any atom is -0.466 e. The average Bonchev–Trinajstić information content (AvgIpc) is 2.01. The Morgan fingerprint density at radius 1 is 1.64 bits per heavy atom. The minimum absolute atomic E-state index is 0.0403. The Bertz CT molecular complexity index is 384. The number of hydrogen-bond donors (Lipinski definition) is 1. The van der Waals surface area contributed by atoms with E-state index in [0.29, 0.717) is 18.1 Å². The van der Waals surface area contributed by atoms with Crippen molar-refractivity contribution in [2.75, 3.05) is 6.61 Å². The summed E-state index contributed by atoms with van der Waals surface area (Å²) >= 11 is 0. The second kappa shape index (κ2) is 4.55. The van der Waals surface area contributed by atoms with Gasteiger partial charge in [0.1, 0.15) is 5.82 Å². The Balaban J connectivity index is 2.76. The maximum absolute atomic E-state index is 11.1. The lowest BCUT2D eigenvalue weighted by molar-refractivity contribution is -0.142. The number of carbonyl (C=O) groups is 1. The molecule has 1 aromatic heterocycles. The zero-order valence-electron chi connectivity index (χ0n) is 8.16. The van der Waals surface area contributed by atoms with Crippen molar-refractivity contribution < 1.29 is 9.53 Å². The maximum atomic E-state index is 11.1. The maximum Gasteiger partial charge on any atom is 0.311 e. The molecule has 0 bridgehead atoms. The third kappa shape index (κ3) is 3.01. The van der Waals surface area contributed by atoms with Crippen molar-refractivity contribution in [3.05, 3.63) is 27.9 Å². The molecule has 76 valence electrons. The fourth-order valence-corrected chi connectivity index (χ4v) is 1.09. The largest absolute Gasteiger partial charge is 0.466 e. The van der Waals surface area contributed by atoms with Crippen LogP contribution in [-0.2, 0) is 16.0 Å². The van der Waals surface area contributed by atoms with Gasteiger partial charge in [0.2, 0.25) is 0 Å². The van der Waals surface area contributed by atoms with Crippen molar-refractivity contribution in [3.8, 4) is 0 Å². The first kappa shape index (κ1) is 10.4. The van der Waals surface area contributed by atoms with Gasteiger partial charge in [-0.3, -0.25) is 9.59 Å². The highest BCUT2D eigenvalue weighted by molar-refractivity contribution is 5.71. The van der Waals surface area contributed by atoms with Gasteiger partial charge in [-0.25, -0.2) is 4.98 Å². The molecule has 1 aromatic rings. The molecule has 0 atom stereocenters. The van der Waals surface area contributed by atoms with Crippen LogP contribution in [0.3, 0.4) is 0 Å². The smallest absolute Gasteiger partial charge is 0.311 e. The predicted molar refractivity (Wildman–Crippen MR) is 49.9 cm³/mol. The Morgan fingerprint density at radius 3 is 2.93 bits per heavy atom. The van der Waals surface area contributed by atoms with Crippen LogP contribution in [-0.4, -0.2) is 22.5 Å². The van der Waals surface area contributed by atoms with E-state index in [-0.39, 0.29) is 17.9 Å². The van der Waals surface area contributed by atoms with E-state index in [4.69, 9.17) is 4.74 Å². The molecule has 0 spiro atoms. The second-order valence-corrected chi connectivity index (χ2v) is 2.80. The van der Waals surface area contributed by atoms with Crippen molar-refractivity contribution in [3.63, 3.8) is 0 Å². The van der Waals surface area contributed by atoms with E-state index in [9.17, 15) is 9.59 Å². The number of nitrogens with one attached hydrogen (secondary N) is 1. The van der Waals surface area contributed by atoms with Crippen LogP contribution in [0.4, 0.5) is 0 Å². The lowest BCUT2D eigenvalue weighted by atomic mass is 10.3. The molecule has 1 N–H and O–H groups in total. The standard InChI is InChI=1S/C9H12N2O3/c1-3-14-9(13)5-7-4-8(12)11-6(2)10-7/h4H,3,5H2,1-2H3,(H,10,11,12). The quantitative estimate of drug-likeness (QED) is 0.700. The Kier molecular flexibility index (Phi) is 3.39. The first-order chi connectivity index (χ1) is 6.61. The first-order valence-corrected chi connectivity index (χ1v) is 4.34. The molecule has 0 unspecified atom stereocenters. The zero-order valence-corrected chi connectivity index (χ0v) is 8.16. The molecule has 0 saturated heterocycles. The number of esters is 1. The van der Waals surface area contributed by atoms with Crippen LogP contribution in [0.5, 0.6) is 0 Å². The van der Waals surface area contributed by atoms with Crippen LogP contribution in [0.15, 0.2) is 10.9 Å². The normalized spacial score (nSPS) is 9.86. The fourth-order valence-electron chi connectivity index (χ4n) is 1.09. The van der Waals surface area contributed by atoms with Gasteiger partial charge in [-0.1, -0.05) is 0 Å². The van der Waals surface area contributed by atoms with Crippen LogP contribution in [0, 0.1) is 6.92 Å². The summed E-state index contributed by atoms with van der Waals surface area (Å²) in [6, 6.07) is 1.30. The lowest BCUT2D eigenvalue weighted by Crippen LogP contribution is -2.15. The molecule has 0 aliphatic carbocycles. The lowest BCUT2D eigenvalue weighted by Gasteiger charge is -2.01. The number of aromatic amines is 1. The van der Waals surface area contributed by atoms with Crippen LogP contribution in [0.2, 0.25) is 0 Å². The molecule has 5 nitrogen and oxygen atoms in total. The van der Waals surface area contributed by atoms with Gasteiger partial charge in [0.05, 0.1) is 18.7 Å². The van der Waals surface area contributed by atoms with Crippen LogP contribution in [0.1, 0.15) is 18.4 Å². The summed E-state index contributed by atoms with van der Waals surface area (Å²) in [5.74, 6) is 0.127. The van der Waals surface area contributed by atoms with E-state index in [1.165, 1.54) is 6.07 Å². The van der Waals surface area contributed by atoms with Crippen molar-refractivity contribution in [2.45, 2.75) is 20.3 Å². The number of aromatic nitrogens is 2. The SMILES string of the molecule is CCOC(=O)Cc1cc(=O)[nH]c(C)n1. The molecule has 1 rings (SSSR count). The molecule has 0 radical (unpaired) electrons. The van der Waals surface area contributed by atoms with Crippen molar-refractivity contribution in [1.82, 2.24) is 9.97 Å². The summed E-state index contributed by atoms with van der Waals surface area (Å²) in [6.45, 7) is 3.73. The van der Waals surface area contributed by atoms with Gasteiger partial charge >= 0.3 is 5.97 Å². The molecule has 0 saturated carbocycles. The van der Waals surface area contributed by atoms with E-state index in [1.54, 1.807) is 13.8 Å². The summed E-state index contributed by atoms with van der Waals surface area (Å²) in [7, 11) is 0. The monoisotopic (exact) mass is 196 g/mol. The Labute approximate surface area is 81.1 Å². The third-order valence-corrected chi connectivity index (χ3v) is 1.54. The summed E-state index contributed by atoms with van der Waals surface area (Å²) in [6.07, 6.45) is 0.0403. The number of aryl methyl sites for hydroxylation is 1. The highest BCUT2D eigenvalue weighted by Gasteiger charge is 2.06. The number of ether oxygens (including phenoxy) is 1. The molecular weight excluding hydrogens is 184 g/mol. The molecule has 0 aromatic carbocycles. The molecule has 14 heavy (non-hydrogen) atoms. The van der Waals surface area contributed by atoms with E-state index < -0.39 is 0 Å². The Morgan fingerprint density at radius 2 is 2.36 bits per heavy atom. The summed E-state index contributed by atoms with van der Waals surface area (Å²) < 4.78 is 4.73. The summed E-state index contributed by atoms with van der Waals surface area (Å²) in [5.41, 5.74) is 0.182. The topological polar surface area (TPSA) is 72.1 Å². The first-order valence-electron chi connectivity index (χ1n) is 4.34. The van der Waals surface area contributed by atoms with Crippen LogP contribution < -0.4 is 5.56 Å². The molecule has 0 aliphatic rings. The van der Waals surface area contributed by atoms with Gasteiger partial charge < -0.3 is 9.72 Å². The molecule has 0 amide bonds. The van der Waals surface area contributed by atoms with Gasteiger partial charge in [0.15, 0.2) is 0 Å². The van der Waals surface area contributed by atoms with Crippen molar-refractivity contribution in [2.24, 2.45) is 0 Å². The van der Waals surface area contributed by atoms with E-state index in [0.717, 1.165) is 0 Å². The number of nitrogens with zero attached hydrogens (tertiary/aromatic N) is 1. The number of hydrogen-bond acceptors (Lipinski definition) is 4. The van der Waals surface area contributed by atoms with Gasteiger partial charge in [0.25, 0.3) is 5.56 Å². The van der Waals surface area contributed by atoms with Gasteiger partial charge in [-0.05, 0) is 13.8 Å². The molecular formula is C9H12N2O3. The third-order valence-electron chi connectivity index (χ3n) is 1.54. The van der Waals surface area contributed by atoms with E-state index in [2.05, 4.69) is 9.97 Å². The van der Waals surface area contributed by atoms with Crippen molar-refractivity contribution >= 4 is 5.97 Å².